The second-order valence-corrected chi connectivity index (χ2v) is 11.0. The summed E-state index contributed by atoms with van der Waals surface area (Å²) in [6, 6.07) is 13.1. The summed E-state index contributed by atoms with van der Waals surface area (Å²) in [5.74, 6) is -1.35. The van der Waals surface area contributed by atoms with E-state index < -0.39 is 5.97 Å². The Bertz CT molecular complexity index is 1600. The second-order valence-electron chi connectivity index (χ2n) is 11.0. The SMILES string of the molecule is COCc1nn(Cc2ccc3c(c2)CCC3)cc1C(=O)O.COCc1nn(Cc2ccc3c(c2)CCC3)cc1C(=O)OC. The number of nitrogens with zero attached hydrogens (tertiary/aromatic N) is 4. The molecule has 0 spiro atoms. The Morgan fingerprint density at radius 2 is 1.19 bits per heavy atom. The van der Waals surface area contributed by atoms with E-state index in [0.29, 0.717) is 36.6 Å². The van der Waals surface area contributed by atoms with Gasteiger partial charge in [0.25, 0.3) is 0 Å². The van der Waals surface area contributed by atoms with Crippen LogP contribution in [0.15, 0.2) is 48.8 Å². The second kappa shape index (κ2) is 13.8. The van der Waals surface area contributed by atoms with Crippen molar-refractivity contribution in [2.24, 2.45) is 0 Å². The Morgan fingerprint density at radius 1 is 0.721 bits per heavy atom. The number of carboxylic acid groups (broad SMARTS) is 1. The molecule has 226 valence electrons. The lowest BCUT2D eigenvalue weighted by Crippen LogP contribution is -2.04. The molecule has 2 aromatic carbocycles. The van der Waals surface area contributed by atoms with Gasteiger partial charge in [0.15, 0.2) is 0 Å². The van der Waals surface area contributed by atoms with Crippen LogP contribution in [0.4, 0.5) is 0 Å². The Kier molecular flexibility index (Phi) is 9.68. The summed E-state index contributed by atoms with van der Waals surface area (Å²) < 4.78 is 18.4. The van der Waals surface area contributed by atoms with Gasteiger partial charge in [0.2, 0.25) is 0 Å². The normalized spacial score (nSPS) is 13.3. The molecule has 10 nitrogen and oxygen atoms in total. The molecule has 2 heterocycles. The van der Waals surface area contributed by atoms with E-state index in [0.717, 1.165) is 18.4 Å². The van der Waals surface area contributed by atoms with Gasteiger partial charge >= 0.3 is 11.9 Å². The molecule has 0 amide bonds. The standard InChI is InChI=1S/C17H20N2O3.C16H18N2O3/c1-21-11-16-15(17(20)22-2)10-19(18-16)9-12-6-7-13-4-3-5-14(13)8-12;1-21-10-15-14(16(19)20)9-18(17-15)8-11-5-6-12-3-2-4-13(12)7-11/h6-8,10H,3-5,9,11H2,1-2H3;5-7,9H,2-4,8,10H2,1H3,(H,19,20). The Balaban J connectivity index is 0.000000171. The Hall–Kier alpha value is -4.28. The predicted octanol–water partition coefficient (Wildman–Crippen LogP) is 4.62. The first kappa shape index (κ1) is 30.2. The third-order valence-corrected chi connectivity index (χ3v) is 7.89. The molecular formula is C33H38N4O6. The molecule has 10 heteroatoms. The molecule has 0 fully saturated rings. The average Bonchev–Trinajstić information content (AvgIpc) is 3.80. The fourth-order valence-electron chi connectivity index (χ4n) is 5.85. The highest BCUT2D eigenvalue weighted by Crippen LogP contribution is 2.24. The maximum absolute atomic E-state index is 11.8. The van der Waals surface area contributed by atoms with E-state index >= 15 is 0 Å². The fourth-order valence-corrected chi connectivity index (χ4v) is 5.85. The summed E-state index contributed by atoms with van der Waals surface area (Å²) in [6.45, 7) is 1.72. The van der Waals surface area contributed by atoms with Gasteiger partial charge in [-0.1, -0.05) is 36.4 Å². The van der Waals surface area contributed by atoms with Crippen LogP contribution in [-0.4, -0.2) is 57.9 Å². The van der Waals surface area contributed by atoms with E-state index in [4.69, 9.17) is 14.2 Å². The van der Waals surface area contributed by atoms with Gasteiger partial charge in [0.1, 0.15) is 22.5 Å². The van der Waals surface area contributed by atoms with Crippen LogP contribution in [0.1, 0.15) is 78.3 Å². The molecule has 43 heavy (non-hydrogen) atoms. The number of aryl methyl sites for hydroxylation is 4. The minimum absolute atomic E-state index is 0.206. The largest absolute Gasteiger partial charge is 0.478 e. The van der Waals surface area contributed by atoms with Gasteiger partial charge in [-0.05, 0) is 71.9 Å². The van der Waals surface area contributed by atoms with Crippen LogP contribution >= 0.6 is 0 Å². The molecule has 2 aliphatic carbocycles. The highest BCUT2D eigenvalue weighted by Gasteiger charge is 2.18. The lowest BCUT2D eigenvalue weighted by atomic mass is 10.1. The summed E-state index contributed by atoms with van der Waals surface area (Å²) in [4.78, 5) is 23.0. The number of methoxy groups -OCH3 is 3. The zero-order valence-electron chi connectivity index (χ0n) is 25.0. The van der Waals surface area contributed by atoms with Crippen molar-refractivity contribution < 1.29 is 28.9 Å². The van der Waals surface area contributed by atoms with Crippen LogP contribution in [0.2, 0.25) is 0 Å². The third-order valence-electron chi connectivity index (χ3n) is 7.89. The minimum atomic E-state index is -0.970. The van der Waals surface area contributed by atoms with Gasteiger partial charge in [-0.15, -0.1) is 0 Å². The molecule has 0 radical (unpaired) electrons. The number of rotatable bonds is 10. The zero-order valence-corrected chi connectivity index (χ0v) is 25.0. The number of aromatic nitrogens is 4. The van der Waals surface area contributed by atoms with Gasteiger partial charge in [0.05, 0.1) is 33.4 Å². The van der Waals surface area contributed by atoms with E-state index in [-0.39, 0.29) is 18.1 Å². The van der Waals surface area contributed by atoms with E-state index in [2.05, 4.69) is 46.6 Å². The van der Waals surface area contributed by atoms with Crippen molar-refractivity contribution >= 4 is 11.9 Å². The number of aromatic carboxylic acids is 1. The van der Waals surface area contributed by atoms with E-state index in [9.17, 15) is 14.7 Å². The van der Waals surface area contributed by atoms with Crippen LogP contribution in [-0.2, 0) is 66.2 Å². The molecule has 0 unspecified atom stereocenters. The molecular weight excluding hydrogens is 548 g/mol. The van der Waals surface area contributed by atoms with Crippen molar-refractivity contribution in [1.82, 2.24) is 19.6 Å². The molecule has 2 aromatic heterocycles. The maximum atomic E-state index is 11.8. The first-order chi connectivity index (χ1) is 20.9. The van der Waals surface area contributed by atoms with Crippen LogP contribution in [0, 0.1) is 0 Å². The molecule has 0 aliphatic heterocycles. The molecule has 4 aromatic rings. The molecule has 0 atom stereocenters. The van der Waals surface area contributed by atoms with Gasteiger partial charge in [-0.3, -0.25) is 9.36 Å². The fraction of sp³-hybridized carbons (Fsp3) is 0.394. The molecule has 0 saturated heterocycles. The van der Waals surface area contributed by atoms with E-state index in [1.807, 2.05) is 0 Å². The van der Waals surface area contributed by atoms with Crippen LogP contribution < -0.4 is 0 Å². The molecule has 1 N–H and O–H groups in total. The van der Waals surface area contributed by atoms with Gasteiger partial charge in [0, 0.05) is 26.6 Å². The van der Waals surface area contributed by atoms with Crippen LogP contribution in [0.5, 0.6) is 0 Å². The summed E-state index contributed by atoms with van der Waals surface area (Å²) in [7, 11) is 4.49. The van der Waals surface area contributed by atoms with Crippen LogP contribution in [0.25, 0.3) is 0 Å². The molecule has 2 aliphatic rings. The number of ether oxygens (including phenoxy) is 3. The first-order valence-corrected chi connectivity index (χ1v) is 14.5. The number of carbonyl (C=O) groups is 2. The van der Waals surface area contributed by atoms with Crippen molar-refractivity contribution in [3.05, 3.63) is 105 Å². The number of hydrogen-bond acceptors (Lipinski definition) is 7. The molecule has 0 saturated carbocycles. The van der Waals surface area contributed by atoms with Crippen molar-refractivity contribution in [3.8, 4) is 0 Å². The number of benzene rings is 2. The predicted molar refractivity (Wildman–Crippen MR) is 159 cm³/mol. The molecule has 0 bridgehead atoms. The number of fused-ring (bicyclic) bond motifs is 2. The average molecular weight is 587 g/mol. The monoisotopic (exact) mass is 586 g/mol. The lowest BCUT2D eigenvalue weighted by Gasteiger charge is -2.05. The van der Waals surface area contributed by atoms with E-state index in [1.54, 1.807) is 28.9 Å². The Morgan fingerprint density at radius 3 is 1.65 bits per heavy atom. The quantitative estimate of drug-likeness (QED) is 0.268. The number of carboxylic acids is 1. The highest BCUT2D eigenvalue weighted by atomic mass is 16.5. The van der Waals surface area contributed by atoms with Gasteiger partial charge in [-0.25, -0.2) is 9.59 Å². The summed E-state index contributed by atoms with van der Waals surface area (Å²) in [5, 5.41) is 18.0. The van der Waals surface area contributed by atoms with E-state index in [1.165, 1.54) is 67.7 Å². The van der Waals surface area contributed by atoms with Gasteiger partial charge in [-0.2, -0.15) is 10.2 Å². The van der Waals surface area contributed by atoms with Crippen LogP contribution in [0.3, 0.4) is 0 Å². The summed E-state index contributed by atoms with van der Waals surface area (Å²) >= 11 is 0. The highest BCUT2D eigenvalue weighted by molar-refractivity contribution is 5.90. The maximum Gasteiger partial charge on any atom is 0.341 e. The van der Waals surface area contributed by atoms with Gasteiger partial charge < -0.3 is 19.3 Å². The summed E-state index contributed by atoms with van der Waals surface area (Å²) in [5.41, 5.74) is 9.84. The van der Waals surface area contributed by atoms with Crippen molar-refractivity contribution in [2.45, 2.75) is 64.8 Å². The lowest BCUT2D eigenvalue weighted by molar-refractivity contribution is 0.0594. The minimum Gasteiger partial charge on any atom is -0.478 e. The van der Waals surface area contributed by atoms with Crippen molar-refractivity contribution in [3.63, 3.8) is 0 Å². The third kappa shape index (κ3) is 7.21. The smallest absolute Gasteiger partial charge is 0.341 e. The zero-order chi connectivity index (χ0) is 30.3. The number of esters is 1. The number of carbonyl (C=O) groups excluding carboxylic acids is 1. The van der Waals surface area contributed by atoms with Crippen molar-refractivity contribution in [1.29, 1.82) is 0 Å². The Labute approximate surface area is 251 Å². The first-order valence-electron chi connectivity index (χ1n) is 14.5. The number of hydrogen-bond donors (Lipinski definition) is 1. The molecule has 6 rings (SSSR count). The topological polar surface area (TPSA) is 118 Å². The summed E-state index contributed by atoms with van der Waals surface area (Å²) in [6.07, 6.45) is 10.4. The van der Waals surface area contributed by atoms with Crippen molar-refractivity contribution in [2.75, 3.05) is 21.3 Å².